The molecule has 0 aliphatic heterocycles. The topological polar surface area (TPSA) is 61.3 Å². The van der Waals surface area contributed by atoms with E-state index in [9.17, 15) is 5.11 Å². The van der Waals surface area contributed by atoms with Gasteiger partial charge in [0.05, 0.1) is 17.4 Å². The molecular formula is C31H34N4O. The van der Waals surface area contributed by atoms with Crippen molar-refractivity contribution in [2.45, 2.75) is 57.9 Å². The quantitative estimate of drug-likeness (QED) is 0.292. The lowest BCUT2D eigenvalue weighted by Crippen LogP contribution is -2.29. The minimum atomic E-state index is 0.225. The van der Waals surface area contributed by atoms with Crippen LogP contribution in [0.25, 0.3) is 0 Å². The second-order valence-corrected chi connectivity index (χ2v) is 9.58. The van der Waals surface area contributed by atoms with Crippen molar-refractivity contribution in [3.8, 4) is 5.75 Å². The molecule has 0 saturated carbocycles. The van der Waals surface area contributed by atoms with Gasteiger partial charge in [-0.3, -0.25) is 14.9 Å². The largest absolute Gasteiger partial charge is 0.508 e. The molecule has 1 aliphatic rings. The van der Waals surface area contributed by atoms with E-state index in [1.54, 1.807) is 6.07 Å². The molecule has 0 saturated heterocycles. The first kappa shape index (κ1) is 24.2. The third-order valence-electron chi connectivity index (χ3n) is 6.99. The van der Waals surface area contributed by atoms with Crippen molar-refractivity contribution in [3.05, 3.63) is 125 Å². The summed E-state index contributed by atoms with van der Waals surface area (Å²) in [7, 11) is 0. The molecule has 0 fully saturated rings. The molecule has 0 bridgehead atoms. The van der Waals surface area contributed by atoms with Crippen LogP contribution in [0.5, 0.6) is 5.75 Å². The Morgan fingerprint density at radius 1 is 0.778 bits per heavy atom. The number of phenolic OH excluding ortho intramolecular Hbond substituents is 1. The first-order chi connectivity index (χ1) is 17.8. The average molecular weight is 479 g/mol. The number of aromatic nitrogens is 2. The van der Waals surface area contributed by atoms with Gasteiger partial charge in [0, 0.05) is 44.1 Å². The molecule has 0 radical (unpaired) electrons. The van der Waals surface area contributed by atoms with Crippen molar-refractivity contribution in [2.24, 2.45) is 0 Å². The summed E-state index contributed by atoms with van der Waals surface area (Å²) in [6, 6.07) is 27.0. The second kappa shape index (κ2) is 11.9. The Morgan fingerprint density at radius 2 is 1.58 bits per heavy atom. The summed E-state index contributed by atoms with van der Waals surface area (Å²) in [5.74, 6) is 0.353. The number of para-hydroxylation sites is 1. The smallest absolute Gasteiger partial charge is 0.120 e. The van der Waals surface area contributed by atoms with Crippen LogP contribution in [0, 0.1) is 0 Å². The number of aromatic hydroxyl groups is 1. The standard InChI is InChI=1S/C31H34N4O/c36-30-13-4-2-9-27(30)23-35(29-12-3-1-8-26-10-7-19-34-31(26)29)22-25-16-14-24(15-17-25)20-32-21-28-11-5-6-18-33-28/h2,4-7,9-11,13-19,29,32,36H,1,3,8,12,20-23H2. The highest BCUT2D eigenvalue weighted by Gasteiger charge is 2.26. The van der Waals surface area contributed by atoms with Crippen molar-refractivity contribution in [3.63, 3.8) is 0 Å². The Bertz CT molecular complexity index is 1240. The van der Waals surface area contributed by atoms with Gasteiger partial charge in [-0.15, -0.1) is 0 Å². The second-order valence-electron chi connectivity index (χ2n) is 9.58. The molecule has 2 N–H and O–H groups in total. The Balaban J connectivity index is 1.32. The van der Waals surface area contributed by atoms with E-state index in [-0.39, 0.29) is 6.04 Å². The third kappa shape index (κ3) is 6.17. The summed E-state index contributed by atoms with van der Waals surface area (Å²) >= 11 is 0. The molecule has 0 amide bonds. The summed E-state index contributed by atoms with van der Waals surface area (Å²) in [5.41, 5.74) is 7.07. The van der Waals surface area contributed by atoms with Crippen LogP contribution < -0.4 is 5.32 Å². The lowest BCUT2D eigenvalue weighted by atomic mass is 10.0. The lowest BCUT2D eigenvalue weighted by molar-refractivity contribution is 0.163. The number of aryl methyl sites for hydroxylation is 1. The number of nitrogens with one attached hydrogen (secondary N) is 1. The van der Waals surface area contributed by atoms with E-state index in [2.05, 4.69) is 51.6 Å². The average Bonchev–Trinajstić information content (AvgIpc) is 3.14. The molecule has 36 heavy (non-hydrogen) atoms. The van der Waals surface area contributed by atoms with E-state index < -0.39 is 0 Å². The maximum atomic E-state index is 10.5. The van der Waals surface area contributed by atoms with Crippen LogP contribution in [0.3, 0.4) is 0 Å². The lowest BCUT2D eigenvalue weighted by Gasteiger charge is -2.32. The first-order valence-corrected chi connectivity index (χ1v) is 12.9. The van der Waals surface area contributed by atoms with E-state index >= 15 is 0 Å². The first-order valence-electron chi connectivity index (χ1n) is 12.9. The molecule has 5 heteroatoms. The van der Waals surface area contributed by atoms with Crippen LogP contribution in [0.1, 0.15) is 58.9 Å². The highest BCUT2D eigenvalue weighted by atomic mass is 16.3. The van der Waals surface area contributed by atoms with Crippen molar-refractivity contribution < 1.29 is 5.11 Å². The summed E-state index contributed by atoms with van der Waals surface area (Å²) in [5, 5.41) is 14.0. The molecular weight excluding hydrogens is 444 g/mol. The molecule has 2 heterocycles. The zero-order valence-electron chi connectivity index (χ0n) is 20.7. The maximum absolute atomic E-state index is 10.5. The van der Waals surface area contributed by atoms with Crippen LogP contribution in [0.15, 0.2) is 91.3 Å². The van der Waals surface area contributed by atoms with Gasteiger partial charge in [0.1, 0.15) is 5.75 Å². The van der Waals surface area contributed by atoms with Gasteiger partial charge in [0.2, 0.25) is 0 Å². The number of phenols is 1. The van der Waals surface area contributed by atoms with Crippen LogP contribution >= 0.6 is 0 Å². The van der Waals surface area contributed by atoms with Gasteiger partial charge in [-0.2, -0.15) is 0 Å². The molecule has 2 aromatic carbocycles. The third-order valence-corrected chi connectivity index (χ3v) is 6.99. The van der Waals surface area contributed by atoms with Gasteiger partial charge in [-0.25, -0.2) is 0 Å². The van der Waals surface area contributed by atoms with Gasteiger partial charge >= 0.3 is 0 Å². The fourth-order valence-corrected chi connectivity index (χ4v) is 5.08. The summed E-state index contributed by atoms with van der Waals surface area (Å²) in [6.45, 7) is 3.04. The number of hydrogen-bond donors (Lipinski definition) is 2. The monoisotopic (exact) mass is 478 g/mol. The molecule has 5 nitrogen and oxygen atoms in total. The number of hydrogen-bond acceptors (Lipinski definition) is 5. The summed E-state index contributed by atoms with van der Waals surface area (Å²) in [6.07, 6.45) is 8.29. The van der Waals surface area contributed by atoms with E-state index in [0.717, 1.165) is 43.7 Å². The van der Waals surface area contributed by atoms with E-state index in [0.29, 0.717) is 12.3 Å². The summed E-state index contributed by atoms with van der Waals surface area (Å²) < 4.78 is 0. The molecule has 0 spiro atoms. The molecule has 5 rings (SSSR count). The van der Waals surface area contributed by atoms with Crippen LogP contribution in [-0.4, -0.2) is 20.0 Å². The minimum absolute atomic E-state index is 0.225. The highest BCUT2D eigenvalue weighted by molar-refractivity contribution is 5.33. The normalized spacial score (nSPS) is 15.4. The number of fused-ring (bicyclic) bond motifs is 1. The molecule has 4 aromatic rings. The number of benzene rings is 2. The Hall–Kier alpha value is -3.54. The van der Waals surface area contributed by atoms with E-state index in [1.807, 2.05) is 48.8 Å². The van der Waals surface area contributed by atoms with Gasteiger partial charge in [0.15, 0.2) is 0 Å². The Kier molecular flexibility index (Phi) is 8.01. The van der Waals surface area contributed by atoms with Gasteiger partial charge < -0.3 is 10.4 Å². The maximum Gasteiger partial charge on any atom is 0.120 e. The molecule has 1 atom stereocenters. The van der Waals surface area contributed by atoms with Crippen molar-refractivity contribution in [1.82, 2.24) is 20.2 Å². The van der Waals surface area contributed by atoms with Crippen LogP contribution in [0.2, 0.25) is 0 Å². The van der Waals surface area contributed by atoms with Crippen LogP contribution in [-0.2, 0) is 32.6 Å². The number of rotatable bonds is 9. The Labute approximate surface area is 213 Å². The fraction of sp³-hybridized carbons (Fsp3) is 0.290. The molecule has 1 aliphatic carbocycles. The molecule has 2 aromatic heterocycles. The number of pyridine rings is 2. The molecule has 184 valence electrons. The number of nitrogens with zero attached hydrogens (tertiary/aromatic N) is 3. The Morgan fingerprint density at radius 3 is 2.42 bits per heavy atom. The van der Waals surface area contributed by atoms with Crippen molar-refractivity contribution in [1.29, 1.82) is 0 Å². The summed E-state index contributed by atoms with van der Waals surface area (Å²) in [4.78, 5) is 11.7. The van der Waals surface area contributed by atoms with Gasteiger partial charge in [0.25, 0.3) is 0 Å². The SMILES string of the molecule is Oc1ccccc1CN(Cc1ccc(CNCc2ccccn2)cc1)C1CCCCc2cccnc21. The highest BCUT2D eigenvalue weighted by Crippen LogP contribution is 2.35. The van der Waals surface area contributed by atoms with Crippen molar-refractivity contribution in [2.75, 3.05) is 0 Å². The van der Waals surface area contributed by atoms with Crippen molar-refractivity contribution >= 4 is 0 Å². The van der Waals surface area contributed by atoms with E-state index in [1.165, 1.54) is 35.2 Å². The van der Waals surface area contributed by atoms with Gasteiger partial charge in [-0.1, -0.05) is 61.0 Å². The minimum Gasteiger partial charge on any atom is -0.508 e. The predicted octanol–water partition coefficient (Wildman–Crippen LogP) is 5.94. The zero-order valence-corrected chi connectivity index (χ0v) is 20.7. The van der Waals surface area contributed by atoms with Gasteiger partial charge in [-0.05, 0) is 60.2 Å². The fourth-order valence-electron chi connectivity index (χ4n) is 5.08. The van der Waals surface area contributed by atoms with Crippen LogP contribution in [0.4, 0.5) is 0 Å². The van der Waals surface area contributed by atoms with E-state index in [4.69, 9.17) is 4.98 Å². The molecule has 1 unspecified atom stereocenters. The zero-order chi connectivity index (χ0) is 24.6. The predicted molar refractivity (Wildman–Crippen MR) is 143 cm³/mol.